The molecule has 4 amide bonds. The molecule has 1 fully saturated rings. The lowest BCUT2D eigenvalue weighted by Gasteiger charge is -2.37. The van der Waals surface area contributed by atoms with Gasteiger partial charge in [-0.25, -0.2) is 0 Å². The smallest absolute Gasteiger partial charge is 0.306 e. The lowest BCUT2D eigenvalue weighted by molar-refractivity contribution is -0.153. The molecule has 2 unspecified atom stereocenters. The normalized spacial score (nSPS) is 16.6. The summed E-state index contributed by atoms with van der Waals surface area (Å²) in [5.74, 6) is -1.18. The highest BCUT2D eigenvalue weighted by Gasteiger charge is 2.43. The molecule has 0 radical (unpaired) electrons. The maximum absolute atomic E-state index is 13.7. The highest BCUT2D eigenvalue weighted by molar-refractivity contribution is 6.21. The van der Waals surface area contributed by atoms with Gasteiger partial charge in [0, 0.05) is 38.9 Å². The number of benzene rings is 4. The third-order valence-corrected chi connectivity index (χ3v) is 9.97. The molecule has 0 bridgehead atoms. The summed E-state index contributed by atoms with van der Waals surface area (Å²) < 4.78 is 24.0. The third kappa shape index (κ3) is 7.84. The zero-order chi connectivity index (χ0) is 38.2. The lowest BCUT2D eigenvalue weighted by atomic mass is 9.80. The monoisotopic (exact) mass is 733 g/mol. The largest absolute Gasteiger partial charge is 0.497 e. The molecular weight excluding hydrogens is 690 g/mol. The first-order valence-corrected chi connectivity index (χ1v) is 17.8. The summed E-state index contributed by atoms with van der Waals surface area (Å²) in [6.45, 7) is 0.225. The minimum Gasteiger partial charge on any atom is -0.497 e. The molecule has 280 valence electrons. The second-order valence-electron chi connectivity index (χ2n) is 13.1. The molecule has 54 heavy (non-hydrogen) atoms. The first-order chi connectivity index (χ1) is 26.2. The number of carbonyl (C=O) groups is 5. The summed E-state index contributed by atoms with van der Waals surface area (Å²) in [4.78, 5) is 67.3. The Labute approximate surface area is 313 Å². The number of rotatable bonds is 15. The first-order valence-electron chi connectivity index (χ1n) is 17.8. The van der Waals surface area contributed by atoms with Gasteiger partial charge in [-0.1, -0.05) is 66.7 Å². The third-order valence-electron chi connectivity index (χ3n) is 9.97. The van der Waals surface area contributed by atoms with E-state index in [-0.39, 0.29) is 57.3 Å². The zero-order valence-electron chi connectivity index (χ0n) is 30.5. The Morgan fingerprint density at radius 2 is 1.24 bits per heavy atom. The van der Waals surface area contributed by atoms with Crippen molar-refractivity contribution in [3.63, 3.8) is 0 Å². The fourth-order valence-corrected chi connectivity index (χ4v) is 7.02. The van der Waals surface area contributed by atoms with Gasteiger partial charge in [-0.2, -0.15) is 0 Å². The van der Waals surface area contributed by atoms with Crippen LogP contribution in [0.5, 0.6) is 11.5 Å². The second kappa shape index (κ2) is 16.8. The van der Waals surface area contributed by atoms with Gasteiger partial charge in [0.1, 0.15) is 23.2 Å². The van der Waals surface area contributed by atoms with Crippen LogP contribution in [-0.2, 0) is 29.5 Å². The highest BCUT2D eigenvalue weighted by atomic mass is 16.6. The van der Waals surface area contributed by atoms with Crippen molar-refractivity contribution in [1.82, 2.24) is 15.1 Å². The molecule has 1 N–H and O–H groups in total. The molecule has 0 spiro atoms. The highest BCUT2D eigenvalue weighted by Crippen LogP contribution is 2.42. The fraction of sp³-hybridized carbons (Fsp3) is 0.310. The molecule has 2 aliphatic heterocycles. The molecule has 0 aliphatic carbocycles. The van der Waals surface area contributed by atoms with E-state index < -0.39 is 35.4 Å². The van der Waals surface area contributed by atoms with Crippen molar-refractivity contribution in [3.05, 3.63) is 131 Å². The van der Waals surface area contributed by atoms with Crippen molar-refractivity contribution >= 4 is 29.6 Å². The Morgan fingerprint density at radius 1 is 0.704 bits per heavy atom. The molecule has 6 rings (SSSR count). The van der Waals surface area contributed by atoms with Gasteiger partial charge in [-0.15, -0.1) is 0 Å². The summed E-state index contributed by atoms with van der Waals surface area (Å²) in [6.07, 6.45) is -1.05. The van der Waals surface area contributed by atoms with Gasteiger partial charge in [0.05, 0.1) is 44.9 Å². The Morgan fingerprint density at radius 3 is 1.78 bits per heavy atom. The molecule has 0 aromatic heterocycles. The molecule has 2 atom stereocenters. The van der Waals surface area contributed by atoms with Crippen molar-refractivity contribution in [1.29, 1.82) is 0 Å². The van der Waals surface area contributed by atoms with Gasteiger partial charge < -0.3 is 29.2 Å². The number of ether oxygens (including phenoxy) is 4. The van der Waals surface area contributed by atoms with Gasteiger partial charge in [-0.3, -0.25) is 28.9 Å². The van der Waals surface area contributed by atoms with Crippen LogP contribution in [0.15, 0.2) is 103 Å². The van der Waals surface area contributed by atoms with E-state index in [4.69, 9.17) is 18.9 Å². The number of likely N-dealkylation sites (tertiary alicyclic amines) is 1. The van der Waals surface area contributed by atoms with Crippen LogP contribution in [0.25, 0.3) is 0 Å². The van der Waals surface area contributed by atoms with Crippen LogP contribution in [0.2, 0.25) is 0 Å². The minimum atomic E-state index is -1.16. The van der Waals surface area contributed by atoms with E-state index in [1.165, 1.54) is 7.05 Å². The number of carbonyl (C=O) groups excluding carboxylic acids is 5. The van der Waals surface area contributed by atoms with Crippen LogP contribution in [-0.4, -0.2) is 93.0 Å². The summed E-state index contributed by atoms with van der Waals surface area (Å²) >= 11 is 0. The molecule has 12 nitrogen and oxygen atoms in total. The number of esters is 1. The predicted octanol–water partition coefficient (Wildman–Crippen LogP) is 4.60. The molecule has 0 saturated carbocycles. The number of nitrogens with zero attached hydrogens (tertiary/aromatic N) is 2. The van der Waals surface area contributed by atoms with E-state index >= 15 is 0 Å². The summed E-state index contributed by atoms with van der Waals surface area (Å²) in [6, 6.07) is 31.5. The van der Waals surface area contributed by atoms with Crippen molar-refractivity contribution in [2.24, 2.45) is 5.92 Å². The van der Waals surface area contributed by atoms with Crippen molar-refractivity contribution < 1.29 is 42.9 Å². The van der Waals surface area contributed by atoms with Crippen molar-refractivity contribution in [2.45, 2.75) is 31.0 Å². The molecule has 2 aliphatic rings. The summed E-state index contributed by atoms with van der Waals surface area (Å²) in [7, 11) is 4.69. The van der Waals surface area contributed by atoms with E-state index in [1.54, 1.807) is 43.4 Å². The Bertz CT molecular complexity index is 1900. The van der Waals surface area contributed by atoms with E-state index in [0.29, 0.717) is 22.6 Å². The second-order valence-corrected chi connectivity index (χ2v) is 13.1. The molecule has 4 aromatic rings. The Kier molecular flexibility index (Phi) is 11.7. The van der Waals surface area contributed by atoms with Crippen molar-refractivity contribution in [3.8, 4) is 11.5 Å². The van der Waals surface area contributed by atoms with Gasteiger partial charge in [0.15, 0.2) is 0 Å². The number of amides is 4. The van der Waals surface area contributed by atoms with Crippen molar-refractivity contribution in [2.75, 3.05) is 47.5 Å². The number of imide groups is 1. The predicted molar refractivity (Wildman–Crippen MR) is 198 cm³/mol. The van der Waals surface area contributed by atoms with Crippen LogP contribution in [0, 0.1) is 5.92 Å². The minimum absolute atomic E-state index is 0.0434. The van der Waals surface area contributed by atoms with E-state index in [2.05, 4.69) is 5.32 Å². The lowest BCUT2D eigenvalue weighted by Crippen LogP contribution is -2.37. The number of nitrogens with one attached hydrogen (secondary N) is 1. The average molecular weight is 734 g/mol. The van der Waals surface area contributed by atoms with E-state index in [1.807, 2.05) is 78.9 Å². The van der Waals surface area contributed by atoms with Gasteiger partial charge in [0.25, 0.3) is 11.8 Å². The molecular formula is C42H43N3O9. The van der Waals surface area contributed by atoms with Gasteiger partial charge in [0.2, 0.25) is 11.8 Å². The van der Waals surface area contributed by atoms with Crippen LogP contribution < -0.4 is 14.8 Å². The fourth-order valence-electron chi connectivity index (χ4n) is 7.02. The first kappa shape index (κ1) is 37.7. The average Bonchev–Trinajstić information content (AvgIpc) is 3.73. The van der Waals surface area contributed by atoms with Crippen LogP contribution >= 0.6 is 0 Å². The summed E-state index contributed by atoms with van der Waals surface area (Å²) in [5.41, 5.74) is 1.93. The Hall–Kier alpha value is -6.01. The number of fused-ring (bicyclic) bond motifs is 1. The topological polar surface area (TPSA) is 141 Å². The molecule has 2 heterocycles. The Balaban J connectivity index is 1.28. The van der Waals surface area contributed by atoms with E-state index in [9.17, 15) is 24.0 Å². The van der Waals surface area contributed by atoms with Crippen LogP contribution in [0.4, 0.5) is 0 Å². The quantitative estimate of drug-likeness (QED) is 0.106. The zero-order valence-corrected chi connectivity index (χ0v) is 30.5. The van der Waals surface area contributed by atoms with E-state index in [0.717, 1.165) is 21.6 Å². The number of hydrogen-bond acceptors (Lipinski definition) is 9. The summed E-state index contributed by atoms with van der Waals surface area (Å²) in [5, 5.41) is 2.50. The standard InChI is InChI=1S/C42H43N3O9/c1-43-37(46)21-22-39(48)54-36-26-44(38(47)23-24-45-40(49)34-11-7-8-12-35(34)41(45)50)25-28(36)27-53-42(29-9-5-4-6-10-29,30-13-17-32(51-2)18-14-30)31-15-19-33(52-3)20-16-31/h4-20,28,36H,21-27H2,1-3H3,(H,43,46). The maximum Gasteiger partial charge on any atom is 0.306 e. The van der Waals surface area contributed by atoms with Crippen LogP contribution in [0.3, 0.4) is 0 Å². The SMILES string of the molecule is CNC(=O)CCC(=O)OC1CN(C(=O)CCN2C(=O)c3ccccc3C2=O)CC1COC(c1ccccc1)(c1ccc(OC)cc1)c1ccc(OC)cc1. The van der Waals surface area contributed by atoms with Gasteiger partial charge in [-0.05, 0) is 53.1 Å². The van der Waals surface area contributed by atoms with Crippen LogP contribution in [0.1, 0.15) is 56.7 Å². The molecule has 12 heteroatoms. The number of hydrogen-bond donors (Lipinski definition) is 1. The van der Waals surface area contributed by atoms with Gasteiger partial charge >= 0.3 is 5.97 Å². The number of methoxy groups -OCH3 is 2. The molecule has 1 saturated heterocycles. The molecule has 4 aromatic carbocycles. The maximum atomic E-state index is 13.7.